The number of amides is 1. The van der Waals surface area contributed by atoms with E-state index in [-0.39, 0.29) is 24.0 Å². The maximum Gasteiger partial charge on any atom is 0.407 e. The monoisotopic (exact) mass is 406 g/mol. The van der Waals surface area contributed by atoms with Crippen LogP contribution in [0, 0.1) is 11.7 Å². The fourth-order valence-electron chi connectivity index (χ4n) is 3.52. The summed E-state index contributed by atoms with van der Waals surface area (Å²) in [5.41, 5.74) is 0. The Balaban J connectivity index is 1.56. The van der Waals surface area contributed by atoms with Gasteiger partial charge in [0, 0.05) is 31.9 Å². The lowest BCUT2D eigenvalue weighted by Gasteiger charge is -2.21. The molecule has 1 saturated heterocycles. The first-order valence-corrected chi connectivity index (χ1v) is 10.4. The molecular weight excluding hydrogens is 375 g/mol. The van der Waals surface area contributed by atoms with Gasteiger partial charge in [0.25, 0.3) is 0 Å². The van der Waals surface area contributed by atoms with Crippen LogP contribution in [0.2, 0.25) is 0 Å². The number of nitrogens with one attached hydrogen (secondary N) is 3. The average Bonchev–Trinajstić information content (AvgIpc) is 3.45. The van der Waals surface area contributed by atoms with Crippen LogP contribution < -0.4 is 20.9 Å². The molecule has 0 aromatic carbocycles. The second-order valence-corrected chi connectivity index (χ2v) is 7.41. The maximum absolute atomic E-state index is 14.0. The van der Waals surface area contributed by atoms with Gasteiger partial charge in [0.05, 0.1) is 19.2 Å². The van der Waals surface area contributed by atoms with E-state index < -0.39 is 0 Å². The van der Waals surface area contributed by atoms with E-state index >= 15 is 0 Å². The molecular formula is C20H31FN6O2. The number of aliphatic imine (C=N–C) groups is 1. The van der Waals surface area contributed by atoms with Crippen molar-refractivity contribution in [2.45, 2.75) is 45.2 Å². The molecule has 160 valence electrons. The molecule has 0 bridgehead atoms. The average molecular weight is 407 g/mol. The molecule has 2 aliphatic rings. The van der Waals surface area contributed by atoms with Crippen molar-refractivity contribution in [3.8, 4) is 0 Å². The summed E-state index contributed by atoms with van der Waals surface area (Å²) in [7, 11) is 0. The third-order valence-corrected chi connectivity index (χ3v) is 5.13. The van der Waals surface area contributed by atoms with Gasteiger partial charge in [-0.3, -0.25) is 4.99 Å². The summed E-state index contributed by atoms with van der Waals surface area (Å²) in [5.74, 6) is 1.26. The van der Waals surface area contributed by atoms with Crippen molar-refractivity contribution in [2.24, 2.45) is 10.9 Å². The maximum atomic E-state index is 14.0. The lowest BCUT2D eigenvalue weighted by molar-refractivity contribution is 0.147. The molecule has 3 rings (SSSR count). The summed E-state index contributed by atoms with van der Waals surface area (Å²) in [6.45, 7) is 6.77. The zero-order valence-corrected chi connectivity index (χ0v) is 17.2. The van der Waals surface area contributed by atoms with Crippen LogP contribution in [0.15, 0.2) is 23.3 Å². The third kappa shape index (κ3) is 6.20. The Morgan fingerprint density at radius 2 is 2.24 bits per heavy atom. The van der Waals surface area contributed by atoms with Crippen LogP contribution in [0.3, 0.4) is 0 Å². The molecule has 29 heavy (non-hydrogen) atoms. The fraction of sp³-hybridized carbons (Fsp3) is 0.650. The molecule has 8 nitrogen and oxygen atoms in total. The quantitative estimate of drug-likeness (QED) is 0.451. The summed E-state index contributed by atoms with van der Waals surface area (Å²) >= 11 is 0. The Hall–Kier alpha value is -2.58. The third-order valence-electron chi connectivity index (χ3n) is 5.13. The van der Waals surface area contributed by atoms with Gasteiger partial charge in [0.2, 0.25) is 0 Å². The molecule has 2 atom stereocenters. The highest BCUT2D eigenvalue weighted by atomic mass is 19.1. The van der Waals surface area contributed by atoms with E-state index in [0.717, 1.165) is 32.4 Å². The number of rotatable bonds is 8. The summed E-state index contributed by atoms with van der Waals surface area (Å²) in [6, 6.07) is 3.16. The first-order valence-electron chi connectivity index (χ1n) is 10.4. The molecule has 0 radical (unpaired) electrons. The Morgan fingerprint density at radius 3 is 2.93 bits per heavy atom. The van der Waals surface area contributed by atoms with Crippen LogP contribution in [0.5, 0.6) is 0 Å². The van der Waals surface area contributed by atoms with Crippen LogP contribution in [-0.4, -0.2) is 61.9 Å². The Kier molecular flexibility index (Phi) is 7.48. The molecule has 1 amide bonds. The van der Waals surface area contributed by atoms with E-state index in [1.54, 1.807) is 19.2 Å². The van der Waals surface area contributed by atoms with Crippen LogP contribution in [0.25, 0.3) is 0 Å². The predicted molar refractivity (Wildman–Crippen MR) is 111 cm³/mol. The van der Waals surface area contributed by atoms with Crippen molar-refractivity contribution in [1.82, 2.24) is 20.9 Å². The van der Waals surface area contributed by atoms with Gasteiger partial charge in [0.1, 0.15) is 0 Å². The van der Waals surface area contributed by atoms with E-state index in [1.165, 1.54) is 6.07 Å². The molecule has 2 heterocycles. The zero-order valence-electron chi connectivity index (χ0n) is 17.2. The predicted octanol–water partition coefficient (Wildman–Crippen LogP) is 1.88. The minimum atomic E-state index is -0.388. The van der Waals surface area contributed by atoms with Crippen molar-refractivity contribution in [3.05, 3.63) is 24.1 Å². The number of alkyl carbamates (subject to hydrolysis) is 1. The number of halogens is 1. The normalized spacial score (nSPS) is 20.3. The Bertz CT molecular complexity index is 712. The number of pyridine rings is 1. The summed E-state index contributed by atoms with van der Waals surface area (Å²) in [5, 5.41) is 9.61. The first-order chi connectivity index (χ1) is 14.1. The van der Waals surface area contributed by atoms with Crippen molar-refractivity contribution in [2.75, 3.05) is 37.7 Å². The molecule has 1 aliphatic carbocycles. The lowest BCUT2D eigenvalue weighted by atomic mass is 10.2. The molecule has 9 heteroatoms. The Morgan fingerprint density at radius 1 is 1.41 bits per heavy atom. The number of aromatic nitrogens is 1. The van der Waals surface area contributed by atoms with E-state index in [9.17, 15) is 9.18 Å². The van der Waals surface area contributed by atoms with Crippen LogP contribution in [0.4, 0.5) is 15.0 Å². The highest BCUT2D eigenvalue weighted by Crippen LogP contribution is 2.32. The highest BCUT2D eigenvalue weighted by molar-refractivity contribution is 5.80. The molecule has 1 saturated carbocycles. The van der Waals surface area contributed by atoms with Gasteiger partial charge >= 0.3 is 6.09 Å². The number of guanidine groups is 1. The van der Waals surface area contributed by atoms with E-state index in [0.29, 0.717) is 37.4 Å². The number of hydrogen-bond donors (Lipinski definition) is 3. The van der Waals surface area contributed by atoms with E-state index in [4.69, 9.17) is 4.74 Å². The molecule has 2 unspecified atom stereocenters. The molecule has 2 fully saturated rings. The van der Waals surface area contributed by atoms with E-state index in [2.05, 4.69) is 25.9 Å². The molecule has 1 aromatic heterocycles. The number of ether oxygens (including phenoxy) is 1. The first kappa shape index (κ1) is 21.1. The van der Waals surface area contributed by atoms with Gasteiger partial charge in [-0.05, 0) is 51.2 Å². The van der Waals surface area contributed by atoms with Crippen molar-refractivity contribution in [1.29, 1.82) is 0 Å². The minimum Gasteiger partial charge on any atom is -0.450 e. The largest absolute Gasteiger partial charge is 0.450 e. The lowest BCUT2D eigenvalue weighted by Crippen LogP contribution is -2.46. The van der Waals surface area contributed by atoms with E-state index in [1.807, 2.05) is 11.8 Å². The van der Waals surface area contributed by atoms with Gasteiger partial charge in [-0.2, -0.15) is 0 Å². The van der Waals surface area contributed by atoms with Gasteiger partial charge in [-0.1, -0.05) is 0 Å². The summed E-state index contributed by atoms with van der Waals surface area (Å²) in [6.07, 6.45) is 4.29. The van der Waals surface area contributed by atoms with Crippen molar-refractivity contribution in [3.63, 3.8) is 0 Å². The van der Waals surface area contributed by atoms with Gasteiger partial charge in [-0.15, -0.1) is 0 Å². The van der Waals surface area contributed by atoms with Gasteiger partial charge in [-0.25, -0.2) is 14.2 Å². The van der Waals surface area contributed by atoms with Gasteiger partial charge < -0.3 is 25.6 Å². The van der Waals surface area contributed by atoms with Crippen molar-refractivity contribution < 1.29 is 13.9 Å². The standard InChI is InChI=1S/C20H31FN6O2/c1-3-22-19(24-12-17(14-7-8-14)26-20(28)29-4-2)25-15-9-11-27(13-15)18-16(21)6-5-10-23-18/h5-6,10,14-15,17H,3-4,7-9,11-13H2,1-2H3,(H,26,28)(H2,22,24,25). The number of carbonyl (C=O) groups excluding carboxylic acids is 1. The second-order valence-electron chi connectivity index (χ2n) is 7.41. The number of nitrogens with zero attached hydrogens (tertiary/aromatic N) is 3. The highest BCUT2D eigenvalue weighted by Gasteiger charge is 2.33. The van der Waals surface area contributed by atoms with Crippen LogP contribution in [-0.2, 0) is 4.74 Å². The summed E-state index contributed by atoms with van der Waals surface area (Å²) in [4.78, 5) is 22.6. The van der Waals surface area contributed by atoms with Crippen LogP contribution >= 0.6 is 0 Å². The molecule has 1 aromatic rings. The van der Waals surface area contributed by atoms with Crippen LogP contribution in [0.1, 0.15) is 33.1 Å². The second kappa shape index (κ2) is 10.3. The van der Waals surface area contributed by atoms with Crippen molar-refractivity contribution >= 4 is 17.9 Å². The smallest absolute Gasteiger partial charge is 0.407 e. The Labute approximate surface area is 171 Å². The molecule has 1 aliphatic heterocycles. The summed E-state index contributed by atoms with van der Waals surface area (Å²) < 4.78 is 19.0. The number of hydrogen-bond acceptors (Lipinski definition) is 5. The topological polar surface area (TPSA) is 90.9 Å². The zero-order chi connectivity index (χ0) is 20.6. The number of carbonyl (C=O) groups is 1. The molecule has 3 N–H and O–H groups in total. The SMILES string of the molecule is CCNC(=NCC(NC(=O)OCC)C1CC1)NC1CCN(c2ncccc2F)C1. The minimum absolute atomic E-state index is 0.0211. The van der Waals surface area contributed by atoms with Gasteiger partial charge in [0.15, 0.2) is 17.6 Å². The number of anilines is 1. The molecule has 0 spiro atoms. The fourth-order valence-corrected chi connectivity index (χ4v) is 3.52.